The lowest BCUT2D eigenvalue weighted by molar-refractivity contribution is -0.122. The Balaban J connectivity index is 1.69. The van der Waals surface area contributed by atoms with Gasteiger partial charge in [0.15, 0.2) is 11.5 Å². The number of hydrogen-bond donors (Lipinski definition) is 2. The molecule has 0 radical (unpaired) electrons. The number of hydrogen-bond acceptors (Lipinski definition) is 7. The summed E-state index contributed by atoms with van der Waals surface area (Å²) in [4.78, 5) is 12.7. The molecule has 2 aromatic rings. The van der Waals surface area contributed by atoms with Crippen LogP contribution in [-0.4, -0.2) is 45.4 Å². The van der Waals surface area contributed by atoms with Crippen molar-refractivity contribution in [2.75, 3.05) is 18.8 Å². The summed E-state index contributed by atoms with van der Waals surface area (Å²) in [5, 5.41) is 3.96. The van der Waals surface area contributed by atoms with Crippen molar-refractivity contribution in [3.05, 3.63) is 53.6 Å². The normalized spacial score (nSPS) is 14.1. The van der Waals surface area contributed by atoms with Crippen molar-refractivity contribution in [1.29, 1.82) is 0 Å². The van der Waals surface area contributed by atoms with Crippen molar-refractivity contribution in [3.63, 3.8) is 0 Å². The number of thioether (sulfide) groups is 1. The summed E-state index contributed by atoms with van der Waals surface area (Å²) in [7, 11) is -3.85. The SMILES string of the molecule is CSCC[C@H](NS(=O)(=O)c1ccc(C)cc1)C(=O)N/N=C/c1cccc2c1OCO2. The molecule has 0 fully saturated rings. The zero-order valence-corrected chi connectivity index (χ0v) is 18.3. The first kappa shape index (κ1) is 22.1. The summed E-state index contributed by atoms with van der Waals surface area (Å²) >= 11 is 1.52. The van der Waals surface area contributed by atoms with Crippen LogP contribution in [0, 0.1) is 6.92 Å². The van der Waals surface area contributed by atoms with Crippen LogP contribution < -0.4 is 19.6 Å². The molecule has 2 N–H and O–H groups in total. The molecule has 0 unspecified atom stereocenters. The summed E-state index contributed by atoms with van der Waals surface area (Å²) in [6, 6.07) is 10.8. The maximum atomic E-state index is 12.7. The van der Waals surface area contributed by atoms with Crippen LogP contribution in [0.2, 0.25) is 0 Å². The molecule has 0 saturated heterocycles. The Hall–Kier alpha value is -2.56. The first-order chi connectivity index (χ1) is 14.4. The van der Waals surface area contributed by atoms with Crippen molar-refractivity contribution < 1.29 is 22.7 Å². The fourth-order valence-electron chi connectivity index (χ4n) is 2.75. The van der Waals surface area contributed by atoms with Gasteiger partial charge in [-0.3, -0.25) is 4.79 Å². The fraction of sp³-hybridized carbons (Fsp3) is 0.300. The number of benzene rings is 2. The number of hydrazone groups is 1. The molecule has 10 heteroatoms. The van der Waals surface area contributed by atoms with Gasteiger partial charge in [-0.1, -0.05) is 23.8 Å². The summed E-state index contributed by atoms with van der Waals surface area (Å²) in [6.45, 7) is 2.00. The van der Waals surface area contributed by atoms with Gasteiger partial charge in [-0.25, -0.2) is 13.8 Å². The lowest BCUT2D eigenvalue weighted by Crippen LogP contribution is -2.45. The third-order valence-electron chi connectivity index (χ3n) is 4.36. The van der Waals surface area contributed by atoms with Gasteiger partial charge in [0.05, 0.1) is 11.1 Å². The number of para-hydroxylation sites is 1. The molecule has 3 rings (SSSR count). The molecular weight excluding hydrogens is 426 g/mol. The number of aryl methyl sites for hydroxylation is 1. The van der Waals surface area contributed by atoms with Crippen LogP contribution >= 0.6 is 11.8 Å². The molecule has 1 amide bonds. The maximum Gasteiger partial charge on any atom is 0.258 e. The van der Waals surface area contributed by atoms with E-state index in [0.29, 0.717) is 29.2 Å². The summed E-state index contributed by atoms with van der Waals surface area (Å²) < 4.78 is 38.5. The van der Waals surface area contributed by atoms with E-state index in [1.54, 1.807) is 30.3 Å². The monoisotopic (exact) mass is 449 g/mol. The molecule has 160 valence electrons. The quantitative estimate of drug-likeness (QED) is 0.449. The van der Waals surface area contributed by atoms with Gasteiger partial charge >= 0.3 is 0 Å². The molecule has 8 nitrogen and oxygen atoms in total. The highest BCUT2D eigenvalue weighted by Crippen LogP contribution is 2.34. The minimum Gasteiger partial charge on any atom is -0.454 e. The largest absolute Gasteiger partial charge is 0.454 e. The van der Waals surface area contributed by atoms with Gasteiger partial charge in [-0.2, -0.15) is 21.6 Å². The highest BCUT2D eigenvalue weighted by Gasteiger charge is 2.25. The number of amides is 1. The lowest BCUT2D eigenvalue weighted by Gasteiger charge is -2.17. The second-order valence-electron chi connectivity index (χ2n) is 6.58. The minimum absolute atomic E-state index is 0.107. The predicted molar refractivity (Wildman–Crippen MR) is 117 cm³/mol. The van der Waals surface area contributed by atoms with E-state index in [9.17, 15) is 13.2 Å². The van der Waals surface area contributed by atoms with Crippen molar-refractivity contribution in [1.82, 2.24) is 10.1 Å². The first-order valence-electron chi connectivity index (χ1n) is 9.20. The number of nitrogens with one attached hydrogen (secondary N) is 2. The number of nitrogens with zero attached hydrogens (tertiary/aromatic N) is 1. The molecule has 0 saturated carbocycles. The van der Waals surface area contributed by atoms with Crippen LogP contribution in [-0.2, 0) is 14.8 Å². The molecule has 1 atom stereocenters. The van der Waals surface area contributed by atoms with E-state index in [0.717, 1.165) is 5.56 Å². The molecule has 30 heavy (non-hydrogen) atoms. The smallest absolute Gasteiger partial charge is 0.258 e. The predicted octanol–water partition coefficient (Wildman–Crippen LogP) is 2.27. The van der Waals surface area contributed by atoms with Crippen molar-refractivity contribution in [3.8, 4) is 11.5 Å². The van der Waals surface area contributed by atoms with E-state index in [2.05, 4.69) is 15.2 Å². The van der Waals surface area contributed by atoms with Crippen molar-refractivity contribution >= 4 is 33.9 Å². The summed E-state index contributed by atoms with van der Waals surface area (Å²) in [6.07, 6.45) is 3.65. The maximum absolute atomic E-state index is 12.7. The zero-order chi connectivity index (χ0) is 21.6. The van der Waals surface area contributed by atoms with Crippen LogP contribution in [0.5, 0.6) is 11.5 Å². The second-order valence-corrected chi connectivity index (χ2v) is 9.28. The van der Waals surface area contributed by atoms with Gasteiger partial charge in [-0.05, 0) is 49.6 Å². The molecular formula is C20H23N3O5S2. The Morgan fingerprint density at radius 3 is 2.73 bits per heavy atom. The molecule has 0 spiro atoms. The van der Waals surface area contributed by atoms with Gasteiger partial charge in [0.25, 0.3) is 5.91 Å². The Labute approximate surface area is 180 Å². The molecule has 1 aliphatic heterocycles. The number of ether oxygens (including phenoxy) is 2. The van der Waals surface area contributed by atoms with E-state index < -0.39 is 22.0 Å². The standard InChI is InChI=1S/C20H23N3O5S2/c1-14-6-8-16(9-7-14)30(25,26)23-17(10-11-29-2)20(24)22-21-12-15-4-3-5-18-19(15)28-13-27-18/h3-9,12,17,23H,10-11,13H2,1-2H3,(H,22,24)/b21-12+/t17-/m0/s1. The number of fused-ring (bicyclic) bond motifs is 1. The highest BCUT2D eigenvalue weighted by molar-refractivity contribution is 7.98. The van der Waals surface area contributed by atoms with Crippen LogP contribution in [0.25, 0.3) is 0 Å². The number of rotatable bonds is 9. The van der Waals surface area contributed by atoms with Crippen molar-refractivity contribution in [2.24, 2.45) is 5.10 Å². The van der Waals surface area contributed by atoms with Crippen LogP contribution in [0.4, 0.5) is 0 Å². The molecule has 1 heterocycles. The Morgan fingerprint density at radius 1 is 1.23 bits per heavy atom. The number of carbonyl (C=O) groups excluding carboxylic acids is 1. The topological polar surface area (TPSA) is 106 Å². The van der Waals surface area contributed by atoms with Gasteiger partial charge in [0.2, 0.25) is 16.8 Å². The van der Waals surface area contributed by atoms with E-state index in [1.165, 1.54) is 30.1 Å². The number of carbonyl (C=O) groups is 1. The third kappa shape index (κ3) is 5.53. The summed E-state index contributed by atoms with van der Waals surface area (Å²) in [5.41, 5.74) is 4.00. The van der Waals surface area contributed by atoms with Crippen LogP contribution in [0.3, 0.4) is 0 Å². The van der Waals surface area contributed by atoms with E-state index in [1.807, 2.05) is 13.2 Å². The van der Waals surface area contributed by atoms with Crippen LogP contribution in [0.15, 0.2) is 52.5 Å². The Kier molecular flexibility index (Phi) is 7.35. The van der Waals surface area contributed by atoms with Crippen molar-refractivity contribution in [2.45, 2.75) is 24.3 Å². The zero-order valence-electron chi connectivity index (χ0n) is 16.6. The van der Waals surface area contributed by atoms with E-state index >= 15 is 0 Å². The van der Waals surface area contributed by atoms with E-state index in [4.69, 9.17) is 9.47 Å². The molecule has 1 aliphatic rings. The molecule has 0 aromatic heterocycles. The van der Waals surface area contributed by atoms with Gasteiger partial charge in [0.1, 0.15) is 6.04 Å². The number of sulfonamides is 1. The Morgan fingerprint density at radius 2 is 2.00 bits per heavy atom. The average Bonchev–Trinajstić information content (AvgIpc) is 3.21. The second kappa shape index (κ2) is 9.96. The first-order valence-corrected chi connectivity index (χ1v) is 12.1. The molecule has 0 aliphatic carbocycles. The lowest BCUT2D eigenvalue weighted by atomic mass is 10.2. The fourth-order valence-corrected chi connectivity index (χ4v) is 4.45. The third-order valence-corrected chi connectivity index (χ3v) is 6.49. The van der Waals surface area contributed by atoms with Gasteiger partial charge in [0, 0.05) is 5.56 Å². The van der Waals surface area contributed by atoms with E-state index in [-0.39, 0.29) is 11.7 Å². The minimum atomic E-state index is -3.85. The molecule has 0 bridgehead atoms. The molecule has 2 aromatic carbocycles. The van der Waals surface area contributed by atoms with Crippen LogP contribution in [0.1, 0.15) is 17.5 Å². The highest BCUT2D eigenvalue weighted by atomic mass is 32.2. The van der Waals surface area contributed by atoms with Gasteiger partial charge < -0.3 is 9.47 Å². The average molecular weight is 450 g/mol. The van der Waals surface area contributed by atoms with Gasteiger partial charge in [-0.15, -0.1) is 0 Å². The summed E-state index contributed by atoms with van der Waals surface area (Å²) in [5.74, 6) is 1.22. The Bertz CT molecular complexity index is 1020.